The van der Waals surface area contributed by atoms with Gasteiger partial charge in [-0.25, -0.2) is 13.1 Å². The zero-order chi connectivity index (χ0) is 18.1. The number of nitrogens with zero attached hydrogens (tertiary/aromatic N) is 2. The molecule has 0 saturated carbocycles. The number of hydrogen-bond acceptors (Lipinski definition) is 5. The molecule has 0 amide bonds. The molecule has 1 aliphatic rings. The Morgan fingerprint density at radius 3 is 2.81 bits per heavy atom. The third kappa shape index (κ3) is 3.27. The molecule has 3 aromatic rings. The minimum atomic E-state index is -3.66. The summed E-state index contributed by atoms with van der Waals surface area (Å²) < 4.78 is 33.7. The van der Waals surface area contributed by atoms with Crippen molar-refractivity contribution in [2.45, 2.75) is 37.1 Å². The molecular weight excluding hydrogens is 350 g/mol. The molecular formula is C19H19N3O3S. The predicted molar refractivity (Wildman–Crippen MR) is 96.9 cm³/mol. The van der Waals surface area contributed by atoms with Crippen molar-refractivity contribution >= 4 is 10.0 Å². The summed E-state index contributed by atoms with van der Waals surface area (Å²) in [7, 11) is -3.66. The first kappa shape index (κ1) is 16.9. The Morgan fingerprint density at radius 1 is 1.15 bits per heavy atom. The standard InChI is InChI=1S/C19H19N3O3S/c1-13-20-19(21-25-13)15-8-4-9-16(12-15)26(23,24)22-18-11-5-7-14-6-2-3-10-17(14)18/h2-4,6,8-10,12,18,22H,5,7,11H2,1H3/t18-/m1/s1. The fraction of sp³-hybridized carbons (Fsp3) is 0.263. The van der Waals surface area contributed by atoms with Gasteiger partial charge < -0.3 is 4.52 Å². The van der Waals surface area contributed by atoms with E-state index in [-0.39, 0.29) is 10.9 Å². The van der Waals surface area contributed by atoms with Crippen LogP contribution in [0.25, 0.3) is 11.4 Å². The minimum Gasteiger partial charge on any atom is -0.339 e. The van der Waals surface area contributed by atoms with Crippen molar-refractivity contribution in [1.82, 2.24) is 14.9 Å². The number of hydrogen-bond donors (Lipinski definition) is 1. The van der Waals surface area contributed by atoms with Crippen molar-refractivity contribution in [3.63, 3.8) is 0 Å². The van der Waals surface area contributed by atoms with E-state index in [1.807, 2.05) is 18.2 Å². The highest BCUT2D eigenvalue weighted by Crippen LogP contribution is 2.31. The number of fused-ring (bicyclic) bond motifs is 1. The lowest BCUT2D eigenvalue weighted by Gasteiger charge is -2.26. The zero-order valence-electron chi connectivity index (χ0n) is 14.3. The van der Waals surface area contributed by atoms with Gasteiger partial charge in [0.2, 0.25) is 21.7 Å². The SMILES string of the molecule is Cc1nc(-c2cccc(S(=O)(=O)N[C@@H]3CCCc4ccccc43)c2)no1. The van der Waals surface area contributed by atoms with Gasteiger partial charge in [0.15, 0.2) is 0 Å². The van der Waals surface area contributed by atoms with E-state index in [0.29, 0.717) is 17.3 Å². The lowest BCUT2D eigenvalue weighted by molar-refractivity contribution is 0.394. The molecule has 0 bridgehead atoms. The van der Waals surface area contributed by atoms with Crippen molar-refractivity contribution in [3.05, 3.63) is 65.5 Å². The van der Waals surface area contributed by atoms with Crippen LogP contribution in [0.5, 0.6) is 0 Å². The normalized spacial score (nSPS) is 17.0. The first-order valence-electron chi connectivity index (χ1n) is 8.54. The van der Waals surface area contributed by atoms with Crippen LogP contribution in [0, 0.1) is 6.92 Å². The summed E-state index contributed by atoms with van der Waals surface area (Å²) in [4.78, 5) is 4.35. The summed E-state index contributed by atoms with van der Waals surface area (Å²) in [6, 6.07) is 14.4. The van der Waals surface area contributed by atoms with Crippen LogP contribution in [-0.4, -0.2) is 18.6 Å². The fourth-order valence-electron chi connectivity index (χ4n) is 3.35. The lowest BCUT2D eigenvalue weighted by Crippen LogP contribution is -2.31. The molecule has 134 valence electrons. The van der Waals surface area contributed by atoms with Crippen LogP contribution >= 0.6 is 0 Å². The molecule has 4 rings (SSSR count). The Balaban J connectivity index is 1.64. The van der Waals surface area contributed by atoms with E-state index in [2.05, 4.69) is 20.9 Å². The average molecular weight is 369 g/mol. The van der Waals surface area contributed by atoms with Gasteiger partial charge in [-0.1, -0.05) is 41.6 Å². The largest absolute Gasteiger partial charge is 0.339 e. The molecule has 0 spiro atoms. The number of rotatable bonds is 4. The minimum absolute atomic E-state index is 0.195. The molecule has 1 N–H and O–H groups in total. The maximum absolute atomic E-state index is 12.9. The van der Waals surface area contributed by atoms with E-state index >= 15 is 0 Å². The maximum Gasteiger partial charge on any atom is 0.241 e. The van der Waals surface area contributed by atoms with Crippen molar-refractivity contribution in [2.75, 3.05) is 0 Å². The molecule has 0 unspecified atom stereocenters. The van der Waals surface area contributed by atoms with E-state index < -0.39 is 10.0 Å². The topological polar surface area (TPSA) is 85.1 Å². The molecule has 0 saturated heterocycles. The summed E-state index contributed by atoms with van der Waals surface area (Å²) in [6.45, 7) is 1.69. The zero-order valence-corrected chi connectivity index (χ0v) is 15.2. The van der Waals surface area contributed by atoms with Crippen LogP contribution in [0.4, 0.5) is 0 Å². The van der Waals surface area contributed by atoms with Crippen molar-refractivity contribution < 1.29 is 12.9 Å². The van der Waals surface area contributed by atoms with E-state index in [1.165, 1.54) is 5.56 Å². The highest BCUT2D eigenvalue weighted by atomic mass is 32.2. The fourth-order valence-corrected chi connectivity index (χ4v) is 4.65. The van der Waals surface area contributed by atoms with Gasteiger partial charge in [0, 0.05) is 18.5 Å². The van der Waals surface area contributed by atoms with Gasteiger partial charge in [-0.2, -0.15) is 4.98 Å². The van der Waals surface area contributed by atoms with E-state index in [4.69, 9.17) is 4.52 Å². The third-order valence-electron chi connectivity index (χ3n) is 4.60. The monoisotopic (exact) mass is 369 g/mol. The summed E-state index contributed by atoms with van der Waals surface area (Å²) >= 11 is 0. The molecule has 6 nitrogen and oxygen atoms in total. The molecule has 2 aromatic carbocycles. The predicted octanol–water partition coefficient (Wildman–Crippen LogP) is 3.40. The third-order valence-corrected chi connectivity index (χ3v) is 6.07. The van der Waals surface area contributed by atoms with Gasteiger partial charge in [-0.3, -0.25) is 0 Å². The number of sulfonamides is 1. The number of aryl methyl sites for hydroxylation is 2. The van der Waals surface area contributed by atoms with Gasteiger partial charge >= 0.3 is 0 Å². The number of aromatic nitrogens is 2. The van der Waals surface area contributed by atoms with E-state index in [1.54, 1.807) is 31.2 Å². The highest BCUT2D eigenvalue weighted by Gasteiger charge is 2.26. The highest BCUT2D eigenvalue weighted by molar-refractivity contribution is 7.89. The van der Waals surface area contributed by atoms with Gasteiger partial charge in [0.1, 0.15) is 0 Å². The van der Waals surface area contributed by atoms with E-state index in [9.17, 15) is 8.42 Å². The Morgan fingerprint density at radius 2 is 2.00 bits per heavy atom. The van der Waals surface area contributed by atoms with Gasteiger partial charge in [0.05, 0.1) is 4.90 Å². The van der Waals surface area contributed by atoms with Crippen molar-refractivity contribution in [2.24, 2.45) is 0 Å². The first-order chi connectivity index (χ1) is 12.5. The number of nitrogens with one attached hydrogen (secondary N) is 1. The Kier molecular flexibility index (Phi) is 4.34. The smallest absolute Gasteiger partial charge is 0.241 e. The molecule has 1 atom stereocenters. The molecule has 1 aromatic heterocycles. The summed E-state index contributed by atoms with van der Waals surface area (Å²) in [5, 5.41) is 3.85. The Hall–Kier alpha value is -2.51. The van der Waals surface area contributed by atoms with Crippen LogP contribution < -0.4 is 4.72 Å². The molecule has 1 aliphatic carbocycles. The molecule has 0 fully saturated rings. The second-order valence-electron chi connectivity index (χ2n) is 6.43. The Bertz CT molecular complexity index is 1040. The quantitative estimate of drug-likeness (QED) is 0.762. The second-order valence-corrected chi connectivity index (χ2v) is 8.14. The molecule has 0 aliphatic heterocycles. The second kappa shape index (κ2) is 6.66. The molecule has 26 heavy (non-hydrogen) atoms. The van der Waals surface area contributed by atoms with Crippen molar-refractivity contribution in [3.8, 4) is 11.4 Å². The first-order valence-corrected chi connectivity index (χ1v) is 10.0. The van der Waals surface area contributed by atoms with Crippen LogP contribution in [-0.2, 0) is 16.4 Å². The molecule has 1 heterocycles. The lowest BCUT2D eigenvalue weighted by atomic mass is 9.88. The average Bonchev–Trinajstić information content (AvgIpc) is 3.08. The van der Waals surface area contributed by atoms with E-state index in [0.717, 1.165) is 24.8 Å². The maximum atomic E-state index is 12.9. The van der Waals surface area contributed by atoms with Gasteiger partial charge in [-0.15, -0.1) is 0 Å². The van der Waals surface area contributed by atoms with Gasteiger partial charge in [-0.05, 0) is 42.5 Å². The van der Waals surface area contributed by atoms with Gasteiger partial charge in [0.25, 0.3) is 0 Å². The van der Waals surface area contributed by atoms with Crippen LogP contribution in [0.1, 0.15) is 35.9 Å². The molecule has 0 radical (unpaired) electrons. The van der Waals surface area contributed by atoms with Crippen LogP contribution in [0.2, 0.25) is 0 Å². The van der Waals surface area contributed by atoms with Crippen LogP contribution in [0.15, 0.2) is 57.9 Å². The number of benzene rings is 2. The summed E-state index contributed by atoms with van der Waals surface area (Å²) in [6.07, 6.45) is 2.74. The Labute approximate surface area is 152 Å². The van der Waals surface area contributed by atoms with Crippen molar-refractivity contribution in [1.29, 1.82) is 0 Å². The summed E-state index contributed by atoms with van der Waals surface area (Å²) in [5.74, 6) is 0.813. The summed E-state index contributed by atoms with van der Waals surface area (Å²) in [5.41, 5.74) is 2.88. The molecule has 7 heteroatoms. The van der Waals surface area contributed by atoms with Crippen LogP contribution in [0.3, 0.4) is 0 Å².